The molecule has 0 aromatic carbocycles. The maximum Gasteiger partial charge on any atom is 0.409 e. The second kappa shape index (κ2) is 10.0. The van der Waals surface area contributed by atoms with Crippen LogP contribution in [0.4, 0.5) is 19.4 Å². The van der Waals surface area contributed by atoms with Gasteiger partial charge in [0.05, 0.1) is 12.3 Å². The molecule has 0 spiro atoms. The van der Waals surface area contributed by atoms with Crippen molar-refractivity contribution >= 4 is 17.5 Å². The van der Waals surface area contributed by atoms with Gasteiger partial charge < -0.3 is 14.5 Å². The Morgan fingerprint density at radius 2 is 1.88 bits per heavy atom. The monoisotopic (exact) mass is 445 g/mol. The van der Waals surface area contributed by atoms with E-state index in [1.165, 1.54) is 11.1 Å². The van der Waals surface area contributed by atoms with E-state index in [-0.39, 0.29) is 11.7 Å². The number of ether oxygens (including phenoxy) is 1. The van der Waals surface area contributed by atoms with E-state index in [9.17, 15) is 13.6 Å². The van der Waals surface area contributed by atoms with Crippen molar-refractivity contribution in [3.05, 3.63) is 40.6 Å². The van der Waals surface area contributed by atoms with Crippen LogP contribution in [-0.4, -0.2) is 55.2 Å². The number of carbonyl (C=O) groups is 1. The molecule has 0 radical (unpaired) electrons. The summed E-state index contributed by atoms with van der Waals surface area (Å²) in [6.07, 6.45) is 6.15. The van der Waals surface area contributed by atoms with E-state index in [1.54, 1.807) is 11.0 Å². The Bertz CT molecular complexity index is 903. The molecule has 0 saturated carbocycles. The van der Waals surface area contributed by atoms with Crippen LogP contribution in [0.3, 0.4) is 0 Å². The average Bonchev–Trinajstić information content (AvgIpc) is 2.82. The molecular weight excluding hydrogens is 412 g/mol. The number of carbonyl (C=O) groups excluding carboxylic acids is 1. The van der Waals surface area contributed by atoms with Gasteiger partial charge in [-0.05, 0) is 67.2 Å². The molecule has 0 bridgehead atoms. The van der Waals surface area contributed by atoms with Crippen molar-refractivity contribution in [3.63, 3.8) is 0 Å². The molecule has 1 fully saturated rings. The van der Waals surface area contributed by atoms with E-state index in [0.29, 0.717) is 56.4 Å². The van der Waals surface area contributed by atoms with Gasteiger partial charge in [0.15, 0.2) is 0 Å². The number of allylic oxidation sites excluding steroid dienone is 4. The van der Waals surface area contributed by atoms with Crippen molar-refractivity contribution in [2.24, 2.45) is 5.92 Å². The third-order valence-corrected chi connectivity index (χ3v) is 6.45. The van der Waals surface area contributed by atoms with Crippen LogP contribution in [0.25, 0.3) is 5.57 Å². The first-order valence-electron chi connectivity index (χ1n) is 11.8. The first kappa shape index (κ1) is 22.7. The molecule has 174 valence electrons. The SMILES string of the molecule is CC(C)COC(=O)N1CCN(c2nc(C3=C(C(F)F)C=CCC3)cc3c2CCCC3)CC1. The fraction of sp³-hybridized carbons (Fsp3) is 0.600. The lowest BCUT2D eigenvalue weighted by Gasteiger charge is -2.37. The summed E-state index contributed by atoms with van der Waals surface area (Å²) in [4.78, 5) is 21.3. The fourth-order valence-corrected chi connectivity index (χ4v) is 4.73. The zero-order valence-electron chi connectivity index (χ0n) is 19.1. The Morgan fingerprint density at radius 1 is 1.12 bits per heavy atom. The van der Waals surface area contributed by atoms with Crippen LogP contribution in [0, 0.1) is 5.92 Å². The molecule has 3 aliphatic rings. The van der Waals surface area contributed by atoms with Gasteiger partial charge in [0.2, 0.25) is 0 Å². The molecule has 2 aliphatic carbocycles. The quantitative estimate of drug-likeness (QED) is 0.622. The summed E-state index contributed by atoms with van der Waals surface area (Å²) in [7, 11) is 0. The molecule has 1 aromatic heterocycles. The van der Waals surface area contributed by atoms with Crippen molar-refractivity contribution in [3.8, 4) is 0 Å². The van der Waals surface area contributed by atoms with E-state index in [1.807, 2.05) is 26.0 Å². The lowest BCUT2D eigenvalue weighted by Crippen LogP contribution is -2.49. The summed E-state index contributed by atoms with van der Waals surface area (Å²) in [6, 6.07) is 2.05. The highest BCUT2D eigenvalue weighted by atomic mass is 19.3. The minimum Gasteiger partial charge on any atom is -0.449 e. The number of fused-ring (bicyclic) bond motifs is 1. The summed E-state index contributed by atoms with van der Waals surface area (Å²) in [6.45, 7) is 6.94. The molecule has 1 amide bonds. The lowest BCUT2D eigenvalue weighted by atomic mass is 9.88. The summed E-state index contributed by atoms with van der Waals surface area (Å²) in [5, 5.41) is 0. The Hall–Kier alpha value is -2.44. The highest BCUT2D eigenvalue weighted by Gasteiger charge is 2.28. The molecule has 5 nitrogen and oxygen atoms in total. The molecular formula is C25H33F2N3O2. The van der Waals surface area contributed by atoms with E-state index >= 15 is 0 Å². The molecule has 0 N–H and O–H groups in total. The number of hydrogen-bond donors (Lipinski definition) is 0. The number of aromatic nitrogens is 1. The zero-order chi connectivity index (χ0) is 22.7. The Kier molecular flexibility index (Phi) is 7.11. The zero-order valence-corrected chi connectivity index (χ0v) is 19.1. The van der Waals surface area contributed by atoms with Crippen molar-refractivity contribution in [1.82, 2.24) is 9.88 Å². The number of piperazine rings is 1. The van der Waals surface area contributed by atoms with Gasteiger partial charge in [0.1, 0.15) is 5.82 Å². The maximum absolute atomic E-state index is 13.7. The van der Waals surface area contributed by atoms with Crippen LogP contribution in [0.5, 0.6) is 0 Å². The molecule has 2 heterocycles. The van der Waals surface area contributed by atoms with E-state index < -0.39 is 6.43 Å². The predicted molar refractivity (Wildman–Crippen MR) is 122 cm³/mol. The highest BCUT2D eigenvalue weighted by molar-refractivity contribution is 5.73. The van der Waals surface area contributed by atoms with E-state index in [2.05, 4.69) is 4.90 Å². The second-order valence-corrected chi connectivity index (χ2v) is 9.30. The number of halogens is 2. The number of nitrogens with zero attached hydrogens (tertiary/aromatic N) is 3. The van der Waals surface area contributed by atoms with Crippen LogP contribution in [0.1, 0.15) is 56.4 Å². The molecule has 1 saturated heterocycles. The fourth-order valence-electron chi connectivity index (χ4n) is 4.73. The van der Waals surface area contributed by atoms with Crippen LogP contribution in [-0.2, 0) is 17.6 Å². The molecule has 7 heteroatoms. The third kappa shape index (κ3) is 4.97. The van der Waals surface area contributed by atoms with Crippen LogP contribution < -0.4 is 4.90 Å². The molecule has 0 atom stereocenters. The number of pyridine rings is 1. The van der Waals surface area contributed by atoms with Gasteiger partial charge >= 0.3 is 6.09 Å². The van der Waals surface area contributed by atoms with Gasteiger partial charge in [-0.3, -0.25) is 0 Å². The molecule has 4 rings (SSSR count). The lowest BCUT2D eigenvalue weighted by molar-refractivity contribution is 0.0901. The standard InChI is InChI=1S/C25H33F2N3O2/c1-17(2)16-32-25(31)30-13-11-29(12-14-30)24-19-8-4-3-7-18(19)15-22(28-24)20-9-5-6-10-21(20)23(26)27/h6,10,15,17,23H,3-5,7-9,11-14,16H2,1-2H3. The van der Waals surface area contributed by atoms with Gasteiger partial charge in [-0.2, -0.15) is 0 Å². The largest absolute Gasteiger partial charge is 0.449 e. The maximum atomic E-state index is 13.7. The topological polar surface area (TPSA) is 45.7 Å². The summed E-state index contributed by atoms with van der Waals surface area (Å²) >= 11 is 0. The summed E-state index contributed by atoms with van der Waals surface area (Å²) < 4.78 is 32.7. The van der Waals surface area contributed by atoms with Crippen molar-refractivity contribution in [1.29, 1.82) is 0 Å². The van der Waals surface area contributed by atoms with Crippen LogP contribution in [0.15, 0.2) is 23.8 Å². The molecule has 32 heavy (non-hydrogen) atoms. The third-order valence-electron chi connectivity index (χ3n) is 6.45. The minimum absolute atomic E-state index is 0.100. The van der Waals surface area contributed by atoms with Crippen LogP contribution in [0.2, 0.25) is 0 Å². The Balaban J connectivity index is 1.59. The number of amides is 1. The molecule has 0 unspecified atom stereocenters. The number of hydrogen-bond acceptors (Lipinski definition) is 4. The van der Waals surface area contributed by atoms with Crippen molar-refractivity contribution < 1.29 is 18.3 Å². The number of alkyl halides is 2. The van der Waals surface area contributed by atoms with Crippen LogP contribution >= 0.6 is 0 Å². The normalized spacial score (nSPS) is 19.1. The Morgan fingerprint density at radius 3 is 2.59 bits per heavy atom. The second-order valence-electron chi connectivity index (χ2n) is 9.30. The predicted octanol–water partition coefficient (Wildman–Crippen LogP) is 5.24. The van der Waals surface area contributed by atoms with E-state index in [4.69, 9.17) is 9.72 Å². The van der Waals surface area contributed by atoms with Gasteiger partial charge in [0.25, 0.3) is 6.43 Å². The summed E-state index contributed by atoms with van der Waals surface area (Å²) in [5.74, 6) is 1.23. The number of rotatable bonds is 5. The smallest absolute Gasteiger partial charge is 0.409 e. The number of aryl methyl sites for hydroxylation is 1. The Labute approximate surface area is 189 Å². The summed E-state index contributed by atoms with van der Waals surface area (Å²) in [5.41, 5.74) is 3.96. The molecule has 1 aromatic rings. The van der Waals surface area contributed by atoms with Gasteiger partial charge in [-0.25, -0.2) is 18.6 Å². The number of anilines is 1. The van der Waals surface area contributed by atoms with Gasteiger partial charge in [-0.15, -0.1) is 0 Å². The van der Waals surface area contributed by atoms with E-state index in [0.717, 1.165) is 37.9 Å². The van der Waals surface area contributed by atoms with Gasteiger partial charge in [-0.1, -0.05) is 26.0 Å². The van der Waals surface area contributed by atoms with Crippen molar-refractivity contribution in [2.45, 2.75) is 58.8 Å². The van der Waals surface area contributed by atoms with Gasteiger partial charge in [0, 0.05) is 31.8 Å². The minimum atomic E-state index is -2.50. The average molecular weight is 446 g/mol. The molecule has 1 aliphatic heterocycles. The highest BCUT2D eigenvalue weighted by Crippen LogP contribution is 2.36. The van der Waals surface area contributed by atoms with Crippen molar-refractivity contribution in [2.75, 3.05) is 37.7 Å². The first-order valence-corrected chi connectivity index (χ1v) is 11.8. The first-order chi connectivity index (χ1) is 15.4.